The number of aliphatic imine (C=N–C) groups is 1. The third-order valence-electron chi connectivity index (χ3n) is 3.72. The van der Waals surface area contributed by atoms with Crippen molar-refractivity contribution in [2.75, 3.05) is 65.9 Å². The first-order chi connectivity index (χ1) is 12.6. The van der Waals surface area contributed by atoms with Gasteiger partial charge in [-0.25, -0.2) is 0 Å². The molecule has 0 saturated carbocycles. The number of guanidine groups is 1. The average molecular weight is 494 g/mol. The quantitative estimate of drug-likeness (QED) is 0.102. The Bertz CT molecular complexity index is 556. The van der Waals surface area contributed by atoms with Crippen molar-refractivity contribution in [3.05, 3.63) is 34.4 Å². The molecule has 10 heteroatoms. The molecule has 0 aromatic heterocycles. The van der Waals surface area contributed by atoms with Gasteiger partial charge in [0.15, 0.2) is 5.96 Å². The fourth-order valence-electron chi connectivity index (χ4n) is 2.27. The van der Waals surface area contributed by atoms with Gasteiger partial charge in [0.25, 0.3) is 5.69 Å². The van der Waals surface area contributed by atoms with Gasteiger partial charge in [-0.1, -0.05) is 0 Å². The van der Waals surface area contributed by atoms with Crippen LogP contribution < -0.4 is 16.0 Å². The Morgan fingerprint density at radius 3 is 2.44 bits per heavy atom. The molecular weight excluding hydrogens is 463 g/mol. The SMILES string of the molecule is CN=C(NCCNc1ccc([N+](=O)[O-])cc1)NCCN(C)CCCOC.I. The zero-order valence-electron chi connectivity index (χ0n) is 16.2. The maximum atomic E-state index is 10.6. The third-order valence-corrected chi connectivity index (χ3v) is 3.72. The standard InChI is InChI=1S/C17H30N6O3.HI/c1-18-17(21-11-13-22(2)12-4-14-26-3)20-10-9-19-15-5-7-16(8-6-15)23(24)25;/h5-8,19H,4,9-14H2,1-3H3,(H2,18,20,21);1H. The smallest absolute Gasteiger partial charge is 0.269 e. The highest BCUT2D eigenvalue weighted by molar-refractivity contribution is 14.0. The molecule has 27 heavy (non-hydrogen) atoms. The summed E-state index contributed by atoms with van der Waals surface area (Å²) >= 11 is 0. The van der Waals surface area contributed by atoms with Gasteiger partial charge in [0.1, 0.15) is 0 Å². The highest BCUT2D eigenvalue weighted by Crippen LogP contribution is 2.14. The minimum Gasteiger partial charge on any atom is -0.385 e. The number of anilines is 1. The van der Waals surface area contributed by atoms with Crippen LogP contribution in [0.1, 0.15) is 6.42 Å². The lowest BCUT2D eigenvalue weighted by Crippen LogP contribution is -2.42. The lowest BCUT2D eigenvalue weighted by Gasteiger charge is -2.18. The van der Waals surface area contributed by atoms with E-state index in [2.05, 4.69) is 32.9 Å². The molecule has 154 valence electrons. The van der Waals surface area contributed by atoms with Gasteiger partial charge in [-0.05, 0) is 25.6 Å². The minimum absolute atomic E-state index is 0. The van der Waals surface area contributed by atoms with Gasteiger partial charge < -0.3 is 25.6 Å². The van der Waals surface area contributed by atoms with Gasteiger partial charge in [0, 0.05) is 71.3 Å². The maximum Gasteiger partial charge on any atom is 0.269 e. The number of rotatable bonds is 12. The summed E-state index contributed by atoms with van der Waals surface area (Å²) in [5, 5.41) is 20.3. The van der Waals surface area contributed by atoms with Crippen LogP contribution in [-0.2, 0) is 4.74 Å². The Morgan fingerprint density at radius 1 is 1.19 bits per heavy atom. The van der Waals surface area contributed by atoms with Crippen molar-refractivity contribution in [2.45, 2.75) is 6.42 Å². The molecule has 0 aliphatic heterocycles. The lowest BCUT2D eigenvalue weighted by molar-refractivity contribution is -0.384. The summed E-state index contributed by atoms with van der Waals surface area (Å²) in [6.07, 6.45) is 1.02. The number of halogens is 1. The van der Waals surface area contributed by atoms with Gasteiger partial charge >= 0.3 is 0 Å². The summed E-state index contributed by atoms with van der Waals surface area (Å²) in [5.74, 6) is 0.751. The van der Waals surface area contributed by atoms with Crippen LogP contribution in [0.3, 0.4) is 0 Å². The number of nitro groups is 1. The predicted octanol–water partition coefficient (Wildman–Crippen LogP) is 1.76. The first-order valence-corrected chi connectivity index (χ1v) is 8.67. The van der Waals surface area contributed by atoms with Crippen molar-refractivity contribution in [1.82, 2.24) is 15.5 Å². The van der Waals surface area contributed by atoms with E-state index in [1.165, 1.54) is 12.1 Å². The van der Waals surface area contributed by atoms with Crippen molar-refractivity contribution in [3.8, 4) is 0 Å². The number of nitrogens with one attached hydrogen (secondary N) is 3. The number of ether oxygens (including phenoxy) is 1. The number of nitro benzene ring substituents is 1. The van der Waals surface area contributed by atoms with Crippen molar-refractivity contribution in [2.24, 2.45) is 4.99 Å². The molecule has 9 nitrogen and oxygen atoms in total. The monoisotopic (exact) mass is 494 g/mol. The highest BCUT2D eigenvalue weighted by atomic mass is 127. The van der Waals surface area contributed by atoms with E-state index in [9.17, 15) is 10.1 Å². The van der Waals surface area contributed by atoms with Gasteiger partial charge in [-0.3, -0.25) is 15.1 Å². The summed E-state index contributed by atoms with van der Waals surface area (Å²) in [5.41, 5.74) is 0.934. The molecule has 0 aliphatic rings. The van der Waals surface area contributed by atoms with Crippen LogP contribution >= 0.6 is 24.0 Å². The number of non-ortho nitro benzene ring substituents is 1. The van der Waals surface area contributed by atoms with E-state index in [0.717, 1.165) is 44.3 Å². The molecule has 3 N–H and O–H groups in total. The normalized spacial score (nSPS) is 11.0. The molecule has 1 aromatic rings. The summed E-state index contributed by atoms with van der Waals surface area (Å²) in [7, 11) is 5.54. The maximum absolute atomic E-state index is 10.6. The molecule has 0 amide bonds. The van der Waals surface area contributed by atoms with Crippen molar-refractivity contribution in [3.63, 3.8) is 0 Å². The third kappa shape index (κ3) is 11.6. The summed E-state index contributed by atoms with van der Waals surface area (Å²) in [4.78, 5) is 16.6. The number of nitrogens with zero attached hydrogens (tertiary/aromatic N) is 3. The molecule has 0 fully saturated rings. The molecule has 0 spiro atoms. The van der Waals surface area contributed by atoms with E-state index in [-0.39, 0.29) is 29.7 Å². The van der Waals surface area contributed by atoms with Crippen LogP contribution in [0.25, 0.3) is 0 Å². The molecule has 0 aliphatic carbocycles. The van der Waals surface area contributed by atoms with Gasteiger partial charge in [0.05, 0.1) is 4.92 Å². The lowest BCUT2D eigenvalue weighted by atomic mass is 10.3. The zero-order chi connectivity index (χ0) is 19.2. The van der Waals surface area contributed by atoms with Crippen molar-refractivity contribution < 1.29 is 9.66 Å². The molecule has 0 atom stereocenters. The molecule has 0 bridgehead atoms. The predicted molar refractivity (Wildman–Crippen MR) is 120 cm³/mol. The highest BCUT2D eigenvalue weighted by Gasteiger charge is 2.03. The van der Waals surface area contributed by atoms with E-state index < -0.39 is 4.92 Å². The Hall–Kier alpha value is -1.66. The van der Waals surface area contributed by atoms with Crippen LogP contribution in [0.2, 0.25) is 0 Å². The largest absolute Gasteiger partial charge is 0.385 e. The molecular formula is C17H31IN6O3. The Kier molecular flexibility index (Phi) is 14.5. The van der Waals surface area contributed by atoms with Gasteiger partial charge in [-0.15, -0.1) is 24.0 Å². The topological polar surface area (TPSA) is 104 Å². The second kappa shape index (κ2) is 15.4. The number of methoxy groups -OCH3 is 1. The van der Waals surface area contributed by atoms with E-state index >= 15 is 0 Å². The second-order valence-electron chi connectivity index (χ2n) is 5.81. The van der Waals surface area contributed by atoms with E-state index in [1.54, 1.807) is 26.3 Å². The van der Waals surface area contributed by atoms with Crippen LogP contribution in [0, 0.1) is 10.1 Å². The van der Waals surface area contributed by atoms with E-state index in [1.807, 2.05) is 0 Å². The van der Waals surface area contributed by atoms with Crippen LogP contribution in [0.5, 0.6) is 0 Å². The molecule has 0 radical (unpaired) electrons. The fourth-order valence-corrected chi connectivity index (χ4v) is 2.27. The first-order valence-electron chi connectivity index (χ1n) is 8.67. The van der Waals surface area contributed by atoms with Gasteiger partial charge in [0.2, 0.25) is 0 Å². The molecule has 0 heterocycles. The number of benzene rings is 1. The Balaban J connectivity index is 0.00000676. The zero-order valence-corrected chi connectivity index (χ0v) is 18.6. The number of hydrogen-bond donors (Lipinski definition) is 3. The Morgan fingerprint density at radius 2 is 1.85 bits per heavy atom. The second-order valence-corrected chi connectivity index (χ2v) is 5.81. The molecule has 0 saturated heterocycles. The molecule has 0 unspecified atom stereocenters. The summed E-state index contributed by atoms with van der Waals surface area (Å²) in [6.45, 7) is 4.86. The fraction of sp³-hybridized carbons (Fsp3) is 0.588. The van der Waals surface area contributed by atoms with Gasteiger partial charge in [-0.2, -0.15) is 0 Å². The van der Waals surface area contributed by atoms with Crippen LogP contribution in [-0.4, -0.2) is 76.3 Å². The number of likely N-dealkylation sites (N-methyl/N-ethyl adjacent to an activating group) is 1. The van der Waals surface area contributed by atoms with E-state index in [0.29, 0.717) is 13.1 Å². The summed E-state index contributed by atoms with van der Waals surface area (Å²) < 4.78 is 5.05. The first kappa shape index (κ1) is 25.3. The van der Waals surface area contributed by atoms with Crippen LogP contribution in [0.15, 0.2) is 29.3 Å². The van der Waals surface area contributed by atoms with Crippen molar-refractivity contribution in [1.29, 1.82) is 0 Å². The average Bonchev–Trinajstić information content (AvgIpc) is 2.64. The molecule has 1 rings (SSSR count). The van der Waals surface area contributed by atoms with E-state index in [4.69, 9.17) is 4.74 Å². The summed E-state index contributed by atoms with van der Waals surface area (Å²) in [6, 6.07) is 6.37. The van der Waals surface area contributed by atoms with Crippen molar-refractivity contribution >= 4 is 41.3 Å². The Labute approximate surface area is 178 Å². The number of hydrogen-bond acceptors (Lipinski definition) is 6. The van der Waals surface area contributed by atoms with Crippen LogP contribution in [0.4, 0.5) is 11.4 Å². The molecule has 1 aromatic carbocycles. The minimum atomic E-state index is -0.407.